The van der Waals surface area contributed by atoms with Crippen molar-refractivity contribution in [3.05, 3.63) is 0 Å². The summed E-state index contributed by atoms with van der Waals surface area (Å²) in [7, 11) is 1.61. The van der Waals surface area contributed by atoms with Gasteiger partial charge in [-0.25, -0.2) is 0 Å². The van der Waals surface area contributed by atoms with E-state index in [-0.39, 0.29) is 11.9 Å². The molecule has 1 aliphatic rings. The van der Waals surface area contributed by atoms with Gasteiger partial charge in [-0.2, -0.15) is 0 Å². The quantitative estimate of drug-likeness (QED) is 0.702. The molecule has 0 spiro atoms. The van der Waals surface area contributed by atoms with Crippen LogP contribution in [0, 0.1) is 5.92 Å². The van der Waals surface area contributed by atoms with Gasteiger partial charge in [-0.05, 0) is 38.8 Å². The number of hydrogen-bond donors (Lipinski definition) is 2. The largest absolute Gasteiger partial charge is 0.384 e. The van der Waals surface area contributed by atoms with Gasteiger partial charge in [0.05, 0.1) is 6.61 Å². The highest BCUT2D eigenvalue weighted by Crippen LogP contribution is 2.13. The van der Waals surface area contributed by atoms with Crippen LogP contribution in [0.25, 0.3) is 0 Å². The predicted molar refractivity (Wildman–Crippen MR) is 59.7 cm³/mol. The molecule has 2 atom stereocenters. The molecule has 0 saturated carbocycles. The van der Waals surface area contributed by atoms with Crippen molar-refractivity contribution in [2.45, 2.75) is 32.2 Å². The highest BCUT2D eigenvalue weighted by atomic mass is 16.5. The number of amides is 1. The van der Waals surface area contributed by atoms with Crippen LogP contribution in [0.1, 0.15) is 26.2 Å². The van der Waals surface area contributed by atoms with Crippen molar-refractivity contribution in [1.82, 2.24) is 10.6 Å². The average Bonchev–Trinajstić information content (AvgIpc) is 2.27. The number of hydrogen-bond acceptors (Lipinski definition) is 3. The molecule has 2 unspecified atom stereocenters. The Morgan fingerprint density at radius 1 is 1.67 bits per heavy atom. The molecule has 2 N–H and O–H groups in total. The molecule has 4 heteroatoms. The van der Waals surface area contributed by atoms with E-state index in [1.54, 1.807) is 7.11 Å². The van der Waals surface area contributed by atoms with Gasteiger partial charge in [0.25, 0.3) is 0 Å². The SMILES string of the molecule is COCCC(=O)NC(C)C1CCCNC1. The number of carbonyl (C=O) groups excluding carboxylic acids is 1. The Bertz CT molecular complexity index is 191. The monoisotopic (exact) mass is 214 g/mol. The van der Waals surface area contributed by atoms with Gasteiger partial charge in [-0.1, -0.05) is 0 Å². The molecule has 0 aromatic carbocycles. The molecular formula is C11H22N2O2. The van der Waals surface area contributed by atoms with E-state index < -0.39 is 0 Å². The van der Waals surface area contributed by atoms with Crippen LogP contribution in [-0.4, -0.2) is 38.8 Å². The van der Waals surface area contributed by atoms with Gasteiger partial charge in [0.15, 0.2) is 0 Å². The van der Waals surface area contributed by atoms with Crippen LogP contribution in [0.2, 0.25) is 0 Å². The maximum atomic E-state index is 11.4. The molecule has 1 saturated heterocycles. The van der Waals surface area contributed by atoms with Crippen LogP contribution < -0.4 is 10.6 Å². The van der Waals surface area contributed by atoms with E-state index in [0.717, 1.165) is 13.1 Å². The van der Waals surface area contributed by atoms with Gasteiger partial charge < -0.3 is 15.4 Å². The summed E-state index contributed by atoms with van der Waals surface area (Å²) in [5, 5.41) is 6.38. The Kier molecular flexibility index (Phi) is 5.65. The molecule has 0 bridgehead atoms. The Labute approximate surface area is 91.8 Å². The Morgan fingerprint density at radius 2 is 2.47 bits per heavy atom. The summed E-state index contributed by atoms with van der Waals surface area (Å²) in [5.41, 5.74) is 0. The van der Waals surface area contributed by atoms with Crippen LogP contribution in [0.3, 0.4) is 0 Å². The third kappa shape index (κ3) is 4.62. The van der Waals surface area contributed by atoms with Crippen molar-refractivity contribution in [2.75, 3.05) is 26.8 Å². The maximum absolute atomic E-state index is 11.4. The fraction of sp³-hybridized carbons (Fsp3) is 0.909. The fourth-order valence-corrected chi connectivity index (χ4v) is 1.94. The van der Waals surface area contributed by atoms with Crippen molar-refractivity contribution >= 4 is 5.91 Å². The van der Waals surface area contributed by atoms with E-state index in [0.29, 0.717) is 18.9 Å². The van der Waals surface area contributed by atoms with Gasteiger partial charge in [-0.3, -0.25) is 4.79 Å². The summed E-state index contributed by atoms with van der Waals surface area (Å²) in [6.07, 6.45) is 2.88. The first-order valence-electron chi connectivity index (χ1n) is 5.73. The summed E-state index contributed by atoms with van der Waals surface area (Å²) in [4.78, 5) is 11.4. The molecule has 0 radical (unpaired) electrons. The number of methoxy groups -OCH3 is 1. The Hall–Kier alpha value is -0.610. The van der Waals surface area contributed by atoms with Crippen molar-refractivity contribution in [3.63, 3.8) is 0 Å². The topological polar surface area (TPSA) is 50.4 Å². The van der Waals surface area contributed by atoms with Gasteiger partial charge in [0.1, 0.15) is 0 Å². The molecule has 0 aromatic rings. The normalized spacial score (nSPS) is 23.5. The minimum atomic E-state index is 0.0925. The number of ether oxygens (including phenoxy) is 1. The highest BCUT2D eigenvalue weighted by molar-refractivity contribution is 5.76. The molecule has 88 valence electrons. The summed E-state index contributed by atoms with van der Waals surface area (Å²) in [6, 6.07) is 0.266. The van der Waals surface area contributed by atoms with E-state index in [2.05, 4.69) is 17.6 Å². The molecule has 4 nitrogen and oxygen atoms in total. The van der Waals surface area contributed by atoms with Crippen LogP contribution >= 0.6 is 0 Å². The summed E-state index contributed by atoms with van der Waals surface area (Å²) in [6.45, 7) is 4.72. The Morgan fingerprint density at radius 3 is 3.07 bits per heavy atom. The zero-order valence-electron chi connectivity index (χ0n) is 9.71. The third-order valence-electron chi connectivity index (χ3n) is 2.96. The van der Waals surface area contributed by atoms with Crippen molar-refractivity contribution in [1.29, 1.82) is 0 Å². The molecule has 15 heavy (non-hydrogen) atoms. The second-order valence-corrected chi connectivity index (χ2v) is 4.21. The second-order valence-electron chi connectivity index (χ2n) is 4.21. The van der Waals surface area contributed by atoms with Gasteiger partial charge >= 0.3 is 0 Å². The van der Waals surface area contributed by atoms with Crippen molar-refractivity contribution in [2.24, 2.45) is 5.92 Å². The van der Waals surface area contributed by atoms with E-state index >= 15 is 0 Å². The zero-order valence-corrected chi connectivity index (χ0v) is 9.71. The van der Waals surface area contributed by atoms with Gasteiger partial charge in [0, 0.05) is 19.6 Å². The first-order chi connectivity index (χ1) is 7.24. The molecular weight excluding hydrogens is 192 g/mol. The molecule has 0 aliphatic carbocycles. The van der Waals surface area contributed by atoms with Crippen LogP contribution in [0.15, 0.2) is 0 Å². The summed E-state index contributed by atoms with van der Waals surface area (Å²) < 4.78 is 4.87. The standard InChI is InChI=1S/C11H22N2O2/c1-9(10-4-3-6-12-8-10)13-11(14)5-7-15-2/h9-10,12H,3-8H2,1-2H3,(H,13,14). The lowest BCUT2D eigenvalue weighted by Gasteiger charge is -2.28. The third-order valence-corrected chi connectivity index (χ3v) is 2.96. The summed E-state index contributed by atoms with van der Waals surface area (Å²) in [5.74, 6) is 0.667. The van der Waals surface area contributed by atoms with Crippen molar-refractivity contribution < 1.29 is 9.53 Å². The number of piperidine rings is 1. The highest BCUT2D eigenvalue weighted by Gasteiger charge is 2.20. The number of rotatable bonds is 5. The zero-order chi connectivity index (χ0) is 11.1. The smallest absolute Gasteiger partial charge is 0.222 e. The first-order valence-corrected chi connectivity index (χ1v) is 5.73. The molecule has 0 aromatic heterocycles. The lowest BCUT2D eigenvalue weighted by molar-refractivity contribution is -0.122. The molecule has 1 rings (SSSR count). The van der Waals surface area contributed by atoms with E-state index in [1.165, 1.54) is 12.8 Å². The maximum Gasteiger partial charge on any atom is 0.222 e. The number of nitrogens with one attached hydrogen (secondary N) is 2. The van der Waals surface area contributed by atoms with Gasteiger partial charge in [-0.15, -0.1) is 0 Å². The molecule has 1 fully saturated rings. The van der Waals surface area contributed by atoms with Crippen LogP contribution in [-0.2, 0) is 9.53 Å². The number of carbonyl (C=O) groups is 1. The minimum absolute atomic E-state index is 0.0925. The van der Waals surface area contributed by atoms with Crippen LogP contribution in [0.5, 0.6) is 0 Å². The molecule has 1 aliphatic heterocycles. The second kappa shape index (κ2) is 6.80. The van der Waals surface area contributed by atoms with E-state index in [1.807, 2.05) is 0 Å². The minimum Gasteiger partial charge on any atom is -0.384 e. The predicted octanol–water partition coefficient (Wildman–Crippen LogP) is 0.527. The lowest BCUT2D eigenvalue weighted by atomic mass is 9.93. The van der Waals surface area contributed by atoms with E-state index in [9.17, 15) is 4.79 Å². The summed E-state index contributed by atoms with van der Waals surface area (Å²) >= 11 is 0. The fourth-order valence-electron chi connectivity index (χ4n) is 1.94. The Balaban J connectivity index is 2.21. The molecule has 1 heterocycles. The lowest BCUT2D eigenvalue weighted by Crippen LogP contribution is -2.44. The van der Waals surface area contributed by atoms with Crippen LogP contribution in [0.4, 0.5) is 0 Å². The average molecular weight is 214 g/mol. The van der Waals surface area contributed by atoms with E-state index in [4.69, 9.17) is 4.74 Å². The van der Waals surface area contributed by atoms with Crippen molar-refractivity contribution in [3.8, 4) is 0 Å². The molecule has 1 amide bonds. The van der Waals surface area contributed by atoms with Gasteiger partial charge in [0.2, 0.25) is 5.91 Å². The first kappa shape index (κ1) is 12.5.